The molecule has 0 aliphatic carbocycles. The van der Waals surface area contributed by atoms with E-state index in [1.54, 1.807) is 4.90 Å². The second-order valence-electron chi connectivity index (χ2n) is 4.71. The summed E-state index contributed by atoms with van der Waals surface area (Å²) in [6, 6.07) is 1.82. The first-order valence-electron chi connectivity index (χ1n) is 6.35. The van der Waals surface area contributed by atoms with Gasteiger partial charge in [-0.05, 0) is 17.7 Å². The van der Waals surface area contributed by atoms with Crippen LogP contribution in [-0.2, 0) is 6.18 Å². The lowest BCUT2D eigenvalue weighted by Gasteiger charge is -2.35. The third-order valence-corrected chi connectivity index (χ3v) is 3.45. The zero-order valence-electron chi connectivity index (χ0n) is 10.8. The molecular weight excluding hydrogens is 276 g/mol. The monoisotopic (exact) mass is 292 g/mol. The molecule has 0 unspecified atom stereocenters. The average Bonchev–Trinajstić information content (AvgIpc) is 2.41. The second kappa shape index (κ2) is 6.07. The van der Waals surface area contributed by atoms with Crippen LogP contribution in [0.15, 0.2) is 18.2 Å². The van der Waals surface area contributed by atoms with E-state index in [4.69, 9.17) is 0 Å². The summed E-state index contributed by atoms with van der Waals surface area (Å²) in [4.78, 5) is 1.78. The lowest BCUT2D eigenvalue weighted by molar-refractivity contribution is -0.139. The third-order valence-electron chi connectivity index (χ3n) is 3.45. The van der Waals surface area contributed by atoms with E-state index in [9.17, 15) is 22.7 Å². The number of halogens is 4. The number of aliphatic hydroxyl groups excluding tert-OH is 1. The predicted octanol–water partition coefficient (Wildman–Crippen LogP) is 1.78. The zero-order chi connectivity index (χ0) is 14.8. The Morgan fingerprint density at radius 1 is 1.25 bits per heavy atom. The summed E-state index contributed by atoms with van der Waals surface area (Å²) in [6.45, 7) is 1.95. The van der Waals surface area contributed by atoms with Gasteiger partial charge in [0.25, 0.3) is 0 Å². The van der Waals surface area contributed by atoms with E-state index >= 15 is 0 Å². The first kappa shape index (κ1) is 15.2. The van der Waals surface area contributed by atoms with Gasteiger partial charge in [0.05, 0.1) is 18.2 Å². The molecule has 112 valence electrons. The molecular formula is C13H16F4N2O. The van der Waals surface area contributed by atoms with Gasteiger partial charge in [-0.15, -0.1) is 0 Å². The van der Waals surface area contributed by atoms with Crippen molar-refractivity contribution in [1.29, 1.82) is 0 Å². The van der Waals surface area contributed by atoms with Gasteiger partial charge in [-0.3, -0.25) is 4.90 Å². The minimum Gasteiger partial charge on any atom is -0.394 e. The van der Waals surface area contributed by atoms with Gasteiger partial charge in [0.1, 0.15) is 5.82 Å². The number of rotatable bonds is 3. The molecule has 0 bridgehead atoms. The van der Waals surface area contributed by atoms with Crippen LogP contribution in [-0.4, -0.2) is 42.8 Å². The first-order valence-corrected chi connectivity index (χ1v) is 6.35. The molecule has 1 aliphatic rings. The Hall–Kier alpha value is -1.18. The number of piperazine rings is 1. The summed E-state index contributed by atoms with van der Waals surface area (Å²) in [5.41, 5.74) is -1.10. The van der Waals surface area contributed by atoms with Crippen LogP contribution in [0.5, 0.6) is 0 Å². The van der Waals surface area contributed by atoms with Gasteiger partial charge < -0.3 is 10.4 Å². The number of hydrogen-bond donors (Lipinski definition) is 2. The number of nitrogens with zero attached hydrogens (tertiary/aromatic N) is 1. The van der Waals surface area contributed by atoms with E-state index in [1.807, 2.05) is 0 Å². The molecule has 1 atom stereocenters. The lowest BCUT2D eigenvalue weighted by atomic mass is 9.98. The van der Waals surface area contributed by atoms with Crippen molar-refractivity contribution in [1.82, 2.24) is 10.2 Å². The highest BCUT2D eigenvalue weighted by Crippen LogP contribution is 2.36. The summed E-state index contributed by atoms with van der Waals surface area (Å²) < 4.78 is 52.1. The minimum absolute atomic E-state index is 0.0803. The molecule has 7 heteroatoms. The van der Waals surface area contributed by atoms with E-state index in [1.165, 1.54) is 0 Å². The molecule has 0 aromatic heterocycles. The largest absolute Gasteiger partial charge is 0.416 e. The summed E-state index contributed by atoms with van der Waals surface area (Å²) in [7, 11) is 0. The quantitative estimate of drug-likeness (QED) is 0.834. The van der Waals surface area contributed by atoms with Gasteiger partial charge in [-0.2, -0.15) is 13.2 Å². The van der Waals surface area contributed by atoms with Crippen LogP contribution >= 0.6 is 0 Å². The fourth-order valence-corrected chi connectivity index (χ4v) is 2.47. The topological polar surface area (TPSA) is 35.5 Å². The highest BCUT2D eigenvalue weighted by atomic mass is 19.4. The van der Waals surface area contributed by atoms with Gasteiger partial charge in [0.2, 0.25) is 0 Å². The highest BCUT2D eigenvalue weighted by Gasteiger charge is 2.37. The van der Waals surface area contributed by atoms with Gasteiger partial charge in [-0.25, -0.2) is 4.39 Å². The van der Waals surface area contributed by atoms with Gasteiger partial charge in [0, 0.05) is 26.2 Å². The standard InChI is InChI=1S/C13H16F4N2O/c14-9-1-2-10(11(7-9)13(15,16)17)12(8-20)19-5-3-18-4-6-19/h1-2,7,12,18,20H,3-6,8H2/t12-/m0/s1. The summed E-state index contributed by atoms with van der Waals surface area (Å²) in [5.74, 6) is -0.932. The third kappa shape index (κ3) is 3.28. The first-order chi connectivity index (χ1) is 9.43. The van der Waals surface area contributed by atoms with Crippen molar-refractivity contribution in [2.24, 2.45) is 0 Å². The van der Waals surface area contributed by atoms with E-state index in [2.05, 4.69) is 5.32 Å². The Morgan fingerprint density at radius 3 is 2.45 bits per heavy atom. The number of nitrogens with one attached hydrogen (secondary N) is 1. The van der Waals surface area contributed by atoms with Gasteiger partial charge >= 0.3 is 6.18 Å². The number of benzene rings is 1. The van der Waals surface area contributed by atoms with Crippen LogP contribution in [0.3, 0.4) is 0 Å². The van der Waals surface area contributed by atoms with E-state index in [0.29, 0.717) is 32.2 Å². The molecule has 1 aromatic rings. The average molecular weight is 292 g/mol. The van der Waals surface area contributed by atoms with Crippen LogP contribution < -0.4 is 5.32 Å². The van der Waals surface area contributed by atoms with E-state index in [0.717, 1.165) is 12.1 Å². The van der Waals surface area contributed by atoms with Crippen molar-refractivity contribution >= 4 is 0 Å². The molecule has 0 amide bonds. The molecule has 1 aliphatic heterocycles. The van der Waals surface area contributed by atoms with Gasteiger partial charge in [0.15, 0.2) is 0 Å². The maximum Gasteiger partial charge on any atom is 0.416 e. The fourth-order valence-electron chi connectivity index (χ4n) is 2.47. The molecule has 0 radical (unpaired) electrons. The van der Waals surface area contributed by atoms with Crippen molar-refractivity contribution in [3.05, 3.63) is 35.1 Å². The van der Waals surface area contributed by atoms with Crippen LogP contribution in [0, 0.1) is 5.82 Å². The zero-order valence-corrected chi connectivity index (χ0v) is 10.8. The maximum absolute atomic E-state index is 13.1. The van der Waals surface area contributed by atoms with Crippen molar-refractivity contribution < 1.29 is 22.7 Å². The number of aliphatic hydroxyl groups is 1. The molecule has 3 nitrogen and oxygen atoms in total. The Balaban J connectivity index is 2.38. The number of alkyl halides is 3. The molecule has 1 aromatic carbocycles. The molecule has 20 heavy (non-hydrogen) atoms. The highest BCUT2D eigenvalue weighted by molar-refractivity contribution is 5.33. The van der Waals surface area contributed by atoms with Crippen LogP contribution in [0.1, 0.15) is 17.2 Å². The Labute approximate surface area is 114 Å². The van der Waals surface area contributed by atoms with Crippen molar-refractivity contribution in [2.75, 3.05) is 32.8 Å². The van der Waals surface area contributed by atoms with Crippen LogP contribution in [0.2, 0.25) is 0 Å². The second-order valence-corrected chi connectivity index (χ2v) is 4.71. The van der Waals surface area contributed by atoms with Crippen molar-refractivity contribution in [3.8, 4) is 0 Å². The molecule has 0 saturated carbocycles. The predicted molar refractivity (Wildman–Crippen MR) is 65.7 cm³/mol. The van der Waals surface area contributed by atoms with Crippen molar-refractivity contribution in [3.63, 3.8) is 0 Å². The molecule has 1 heterocycles. The Bertz CT molecular complexity index is 458. The van der Waals surface area contributed by atoms with E-state index < -0.39 is 30.2 Å². The minimum atomic E-state index is -4.64. The number of hydrogen-bond acceptors (Lipinski definition) is 3. The maximum atomic E-state index is 13.1. The Morgan fingerprint density at radius 2 is 1.90 bits per heavy atom. The molecule has 1 saturated heterocycles. The SMILES string of the molecule is OC[C@@H](c1ccc(F)cc1C(F)(F)F)N1CCNCC1. The fraction of sp³-hybridized carbons (Fsp3) is 0.538. The van der Waals surface area contributed by atoms with Crippen LogP contribution in [0.4, 0.5) is 17.6 Å². The Kier molecular flexibility index (Phi) is 4.62. The summed E-state index contributed by atoms with van der Waals surface area (Å²) >= 11 is 0. The molecule has 2 N–H and O–H groups in total. The smallest absolute Gasteiger partial charge is 0.394 e. The molecule has 2 rings (SSSR count). The summed E-state index contributed by atoms with van der Waals surface area (Å²) in [5, 5.41) is 12.6. The van der Waals surface area contributed by atoms with E-state index in [-0.39, 0.29) is 5.56 Å². The molecule has 1 fully saturated rings. The van der Waals surface area contributed by atoms with Crippen molar-refractivity contribution in [2.45, 2.75) is 12.2 Å². The van der Waals surface area contributed by atoms with Crippen LogP contribution in [0.25, 0.3) is 0 Å². The summed E-state index contributed by atoms with van der Waals surface area (Å²) in [6.07, 6.45) is -4.64. The van der Waals surface area contributed by atoms with Gasteiger partial charge in [-0.1, -0.05) is 6.07 Å². The lowest BCUT2D eigenvalue weighted by Crippen LogP contribution is -2.46. The molecule has 0 spiro atoms. The normalized spacial score (nSPS) is 19.1.